The predicted octanol–water partition coefficient (Wildman–Crippen LogP) is 2.64. The van der Waals surface area contributed by atoms with Gasteiger partial charge in [-0.2, -0.15) is 0 Å². The summed E-state index contributed by atoms with van der Waals surface area (Å²) >= 11 is 0. The highest BCUT2D eigenvalue weighted by atomic mass is 32.2. The molecule has 0 aliphatic carbocycles. The first-order valence-electron chi connectivity index (χ1n) is 6.51. The van der Waals surface area contributed by atoms with Crippen LogP contribution in [0.15, 0.2) is 47.4 Å². The zero-order valence-corrected chi connectivity index (χ0v) is 12.8. The molecule has 0 unspecified atom stereocenters. The van der Waals surface area contributed by atoms with Gasteiger partial charge in [-0.25, -0.2) is 8.42 Å². The van der Waals surface area contributed by atoms with Crippen LogP contribution in [0, 0.1) is 0 Å². The number of anilines is 2. The largest absolute Gasteiger partial charge is 0.495 e. The second-order valence-corrected chi connectivity index (χ2v) is 6.25. The first kappa shape index (κ1) is 15.2. The van der Waals surface area contributed by atoms with Gasteiger partial charge in [-0.3, -0.25) is 4.72 Å². The minimum atomic E-state index is -3.67. The van der Waals surface area contributed by atoms with Crippen molar-refractivity contribution in [3.8, 4) is 5.75 Å². The van der Waals surface area contributed by atoms with Crippen molar-refractivity contribution >= 4 is 21.4 Å². The standard InChI is InChI=1S/C15H18N2O3S/c1-3-11-5-4-6-12(9-11)17-21(18,19)13-7-8-15(20-2)14(16)10-13/h4-10,17H,3,16H2,1-2H3. The van der Waals surface area contributed by atoms with Gasteiger partial charge in [-0.05, 0) is 42.3 Å². The highest BCUT2D eigenvalue weighted by Gasteiger charge is 2.16. The highest BCUT2D eigenvalue weighted by Crippen LogP contribution is 2.25. The summed E-state index contributed by atoms with van der Waals surface area (Å²) in [7, 11) is -2.19. The summed E-state index contributed by atoms with van der Waals surface area (Å²) in [6.45, 7) is 2.01. The van der Waals surface area contributed by atoms with Gasteiger partial charge in [0.15, 0.2) is 0 Å². The number of ether oxygens (including phenoxy) is 1. The fourth-order valence-corrected chi connectivity index (χ4v) is 3.03. The number of sulfonamides is 1. The van der Waals surface area contributed by atoms with Gasteiger partial charge < -0.3 is 10.5 Å². The van der Waals surface area contributed by atoms with Crippen LogP contribution >= 0.6 is 0 Å². The van der Waals surface area contributed by atoms with E-state index in [1.807, 2.05) is 25.1 Å². The second-order valence-electron chi connectivity index (χ2n) is 4.56. The lowest BCUT2D eigenvalue weighted by Gasteiger charge is -2.11. The maximum atomic E-state index is 12.3. The molecule has 21 heavy (non-hydrogen) atoms. The summed E-state index contributed by atoms with van der Waals surface area (Å²) in [6.07, 6.45) is 0.838. The van der Waals surface area contributed by atoms with Crippen molar-refractivity contribution in [1.82, 2.24) is 0 Å². The molecule has 3 N–H and O–H groups in total. The molecule has 6 heteroatoms. The lowest BCUT2D eigenvalue weighted by Crippen LogP contribution is -2.13. The Morgan fingerprint density at radius 3 is 2.57 bits per heavy atom. The van der Waals surface area contributed by atoms with Crippen molar-refractivity contribution in [2.45, 2.75) is 18.2 Å². The molecule has 0 amide bonds. The molecule has 0 aliphatic heterocycles. The summed E-state index contributed by atoms with van der Waals surface area (Å²) in [4.78, 5) is 0.0997. The molecule has 112 valence electrons. The van der Waals surface area contributed by atoms with Crippen molar-refractivity contribution in [3.05, 3.63) is 48.0 Å². The Bertz CT molecular complexity index is 742. The summed E-state index contributed by atoms with van der Waals surface area (Å²) in [6, 6.07) is 11.7. The molecule has 0 fully saturated rings. The second kappa shape index (κ2) is 6.05. The number of aryl methyl sites for hydroxylation is 1. The van der Waals surface area contributed by atoms with Crippen LogP contribution in [-0.2, 0) is 16.4 Å². The Hall–Kier alpha value is -2.21. The fourth-order valence-electron chi connectivity index (χ4n) is 1.95. The molecular weight excluding hydrogens is 288 g/mol. The Labute approximate surface area is 124 Å². The molecule has 0 aliphatic rings. The molecule has 0 radical (unpaired) electrons. The van der Waals surface area contributed by atoms with E-state index in [1.54, 1.807) is 6.07 Å². The van der Waals surface area contributed by atoms with Gasteiger partial charge in [0.1, 0.15) is 5.75 Å². The molecule has 0 spiro atoms. The van der Waals surface area contributed by atoms with Crippen molar-refractivity contribution < 1.29 is 13.2 Å². The minimum absolute atomic E-state index is 0.0997. The van der Waals surface area contributed by atoms with E-state index in [1.165, 1.54) is 25.3 Å². The number of benzene rings is 2. The smallest absolute Gasteiger partial charge is 0.261 e. The molecule has 5 nitrogen and oxygen atoms in total. The molecule has 0 aromatic heterocycles. The molecule has 0 heterocycles. The van der Waals surface area contributed by atoms with Crippen molar-refractivity contribution in [2.75, 3.05) is 17.6 Å². The van der Waals surface area contributed by atoms with Crippen molar-refractivity contribution in [1.29, 1.82) is 0 Å². The third kappa shape index (κ3) is 3.46. The van der Waals surface area contributed by atoms with E-state index in [2.05, 4.69) is 4.72 Å². The zero-order valence-electron chi connectivity index (χ0n) is 12.0. The number of nitrogens with two attached hydrogens (primary N) is 1. The van der Waals surface area contributed by atoms with Gasteiger partial charge in [-0.15, -0.1) is 0 Å². The van der Waals surface area contributed by atoms with Gasteiger partial charge in [0.2, 0.25) is 0 Å². The summed E-state index contributed by atoms with van der Waals surface area (Å²) in [5.74, 6) is 0.446. The zero-order chi connectivity index (χ0) is 15.5. The topological polar surface area (TPSA) is 81.4 Å². The summed E-state index contributed by atoms with van der Waals surface area (Å²) in [5.41, 5.74) is 7.62. The lowest BCUT2D eigenvalue weighted by atomic mass is 10.1. The van der Waals surface area contributed by atoms with Crippen molar-refractivity contribution in [3.63, 3.8) is 0 Å². The Morgan fingerprint density at radius 2 is 1.95 bits per heavy atom. The number of nitrogen functional groups attached to an aromatic ring is 1. The number of nitrogens with one attached hydrogen (secondary N) is 1. The Morgan fingerprint density at radius 1 is 1.19 bits per heavy atom. The molecule has 0 atom stereocenters. The summed E-state index contributed by atoms with van der Waals surface area (Å²) in [5, 5.41) is 0. The third-order valence-electron chi connectivity index (χ3n) is 3.10. The van der Waals surface area contributed by atoms with E-state index >= 15 is 0 Å². The van der Waals surface area contributed by atoms with Crippen LogP contribution in [0.4, 0.5) is 11.4 Å². The Balaban J connectivity index is 2.31. The molecule has 2 rings (SSSR count). The number of rotatable bonds is 5. The van der Waals surface area contributed by atoms with Crippen LogP contribution in [0.2, 0.25) is 0 Å². The average Bonchev–Trinajstić information content (AvgIpc) is 2.47. The molecule has 2 aromatic rings. The normalized spacial score (nSPS) is 11.1. The van der Waals surface area contributed by atoms with Gasteiger partial charge in [0.05, 0.1) is 17.7 Å². The van der Waals surface area contributed by atoms with Crippen molar-refractivity contribution in [2.24, 2.45) is 0 Å². The van der Waals surface area contributed by atoms with E-state index in [4.69, 9.17) is 10.5 Å². The van der Waals surface area contributed by atoms with Crippen LogP contribution in [0.1, 0.15) is 12.5 Å². The van der Waals surface area contributed by atoms with Crippen LogP contribution in [0.25, 0.3) is 0 Å². The number of hydrogen-bond acceptors (Lipinski definition) is 4. The molecule has 2 aromatic carbocycles. The maximum absolute atomic E-state index is 12.3. The van der Waals surface area contributed by atoms with Gasteiger partial charge in [-0.1, -0.05) is 19.1 Å². The average molecular weight is 306 g/mol. The quantitative estimate of drug-likeness (QED) is 0.832. The van der Waals surface area contributed by atoms with E-state index in [0.717, 1.165) is 12.0 Å². The van der Waals surface area contributed by atoms with Gasteiger partial charge >= 0.3 is 0 Å². The molecular formula is C15H18N2O3S. The Kier molecular flexibility index (Phi) is 4.37. The lowest BCUT2D eigenvalue weighted by molar-refractivity contribution is 0.416. The minimum Gasteiger partial charge on any atom is -0.495 e. The van der Waals surface area contributed by atoms with E-state index < -0.39 is 10.0 Å². The first-order valence-corrected chi connectivity index (χ1v) is 8.00. The molecule has 0 bridgehead atoms. The summed E-state index contributed by atoms with van der Waals surface area (Å²) < 4.78 is 32.3. The van der Waals surface area contributed by atoms with E-state index in [-0.39, 0.29) is 10.6 Å². The van der Waals surface area contributed by atoms with Crippen LogP contribution in [0.5, 0.6) is 5.75 Å². The predicted molar refractivity (Wildman–Crippen MR) is 84.0 cm³/mol. The first-order chi connectivity index (χ1) is 9.96. The van der Waals surface area contributed by atoms with Gasteiger partial charge in [0, 0.05) is 5.69 Å². The third-order valence-corrected chi connectivity index (χ3v) is 4.48. The fraction of sp³-hybridized carbons (Fsp3) is 0.200. The highest BCUT2D eigenvalue weighted by molar-refractivity contribution is 7.92. The number of hydrogen-bond donors (Lipinski definition) is 2. The van der Waals surface area contributed by atoms with Crippen LogP contribution in [-0.4, -0.2) is 15.5 Å². The van der Waals surface area contributed by atoms with E-state index in [0.29, 0.717) is 11.4 Å². The molecule has 0 saturated carbocycles. The van der Waals surface area contributed by atoms with Gasteiger partial charge in [0.25, 0.3) is 10.0 Å². The maximum Gasteiger partial charge on any atom is 0.261 e. The van der Waals surface area contributed by atoms with Crippen LogP contribution in [0.3, 0.4) is 0 Å². The van der Waals surface area contributed by atoms with Crippen LogP contribution < -0.4 is 15.2 Å². The monoisotopic (exact) mass is 306 g/mol. The molecule has 0 saturated heterocycles. The SMILES string of the molecule is CCc1cccc(NS(=O)(=O)c2ccc(OC)c(N)c2)c1. The van der Waals surface area contributed by atoms with E-state index in [9.17, 15) is 8.42 Å². The number of methoxy groups -OCH3 is 1.